The van der Waals surface area contributed by atoms with E-state index >= 15 is 0 Å². The quantitative estimate of drug-likeness (QED) is 0.806. The minimum atomic E-state index is -0.816. The molecule has 5 heteroatoms. The van der Waals surface area contributed by atoms with Crippen molar-refractivity contribution in [2.75, 3.05) is 13.1 Å². The molecule has 0 spiro atoms. The average Bonchev–Trinajstić information content (AvgIpc) is 2.36. The van der Waals surface area contributed by atoms with Crippen molar-refractivity contribution in [1.29, 1.82) is 0 Å². The van der Waals surface area contributed by atoms with E-state index < -0.39 is 11.4 Å². The standard InChI is InChI=1S/C14H26N2O3/c1-4-5-7-11(2)15-13(19)16-9-6-8-14(3,10-16)12(17)18/h11H,4-10H2,1-3H3,(H,15,19)(H,17,18). The van der Waals surface area contributed by atoms with E-state index in [0.717, 1.165) is 25.7 Å². The molecular formula is C14H26N2O3. The van der Waals surface area contributed by atoms with Crippen LogP contribution in [-0.2, 0) is 4.79 Å². The van der Waals surface area contributed by atoms with E-state index in [2.05, 4.69) is 12.2 Å². The van der Waals surface area contributed by atoms with Gasteiger partial charge in [0.15, 0.2) is 0 Å². The molecule has 1 rings (SSSR count). The van der Waals surface area contributed by atoms with E-state index in [-0.39, 0.29) is 12.1 Å². The number of likely N-dealkylation sites (tertiary alicyclic amines) is 1. The summed E-state index contributed by atoms with van der Waals surface area (Å²) in [6.45, 7) is 6.78. The third-order valence-corrected chi connectivity index (χ3v) is 3.86. The van der Waals surface area contributed by atoms with Gasteiger partial charge < -0.3 is 15.3 Å². The molecule has 2 amide bonds. The number of carbonyl (C=O) groups is 2. The molecule has 0 bridgehead atoms. The lowest BCUT2D eigenvalue weighted by Gasteiger charge is -2.37. The molecule has 0 radical (unpaired) electrons. The summed E-state index contributed by atoms with van der Waals surface area (Å²) in [5, 5.41) is 12.2. The molecule has 2 N–H and O–H groups in total. The SMILES string of the molecule is CCCCC(C)NC(=O)N1CCCC(C)(C(=O)O)C1. The van der Waals surface area contributed by atoms with Crippen LogP contribution in [0.1, 0.15) is 52.9 Å². The minimum absolute atomic E-state index is 0.129. The number of urea groups is 1. The number of aliphatic carboxylic acids is 1. The number of nitrogens with one attached hydrogen (secondary N) is 1. The summed E-state index contributed by atoms with van der Waals surface area (Å²) in [7, 11) is 0. The highest BCUT2D eigenvalue weighted by Gasteiger charge is 2.39. The Kier molecular flexibility index (Phi) is 5.63. The zero-order chi connectivity index (χ0) is 14.5. The minimum Gasteiger partial charge on any atom is -0.481 e. The molecule has 0 aromatic heterocycles. The topological polar surface area (TPSA) is 69.6 Å². The third-order valence-electron chi connectivity index (χ3n) is 3.86. The second-order valence-corrected chi connectivity index (χ2v) is 5.88. The van der Waals surface area contributed by atoms with Crippen LogP contribution < -0.4 is 5.32 Å². The maximum atomic E-state index is 12.1. The Balaban J connectivity index is 2.50. The molecule has 0 aromatic carbocycles. The smallest absolute Gasteiger partial charge is 0.317 e. The maximum absolute atomic E-state index is 12.1. The number of piperidine rings is 1. The van der Waals surface area contributed by atoms with Crippen molar-refractivity contribution in [3.05, 3.63) is 0 Å². The van der Waals surface area contributed by atoms with Gasteiger partial charge in [-0.15, -0.1) is 0 Å². The lowest BCUT2D eigenvalue weighted by atomic mass is 9.82. The Bertz CT molecular complexity index is 333. The van der Waals surface area contributed by atoms with E-state index in [0.29, 0.717) is 19.5 Å². The van der Waals surface area contributed by atoms with Gasteiger partial charge in [0.2, 0.25) is 0 Å². The molecule has 0 saturated carbocycles. The van der Waals surface area contributed by atoms with Gasteiger partial charge in [-0.25, -0.2) is 4.79 Å². The molecule has 1 aliphatic heterocycles. The van der Waals surface area contributed by atoms with Crippen molar-refractivity contribution < 1.29 is 14.7 Å². The third kappa shape index (κ3) is 4.40. The van der Waals surface area contributed by atoms with Crippen molar-refractivity contribution >= 4 is 12.0 Å². The molecular weight excluding hydrogens is 244 g/mol. The number of carboxylic acid groups (broad SMARTS) is 1. The van der Waals surface area contributed by atoms with Gasteiger partial charge in [0.25, 0.3) is 0 Å². The second kappa shape index (κ2) is 6.78. The Morgan fingerprint density at radius 2 is 2.16 bits per heavy atom. The molecule has 1 heterocycles. The van der Waals surface area contributed by atoms with Gasteiger partial charge >= 0.3 is 12.0 Å². The average molecular weight is 270 g/mol. The number of carbonyl (C=O) groups excluding carboxylic acids is 1. The molecule has 5 nitrogen and oxygen atoms in total. The summed E-state index contributed by atoms with van der Waals surface area (Å²) in [5.74, 6) is -0.816. The zero-order valence-electron chi connectivity index (χ0n) is 12.2. The Hall–Kier alpha value is -1.26. The fraction of sp³-hybridized carbons (Fsp3) is 0.857. The van der Waals surface area contributed by atoms with Crippen LogP contribution >= 0.6 is 0 Å². The second-order valence-electron chi connectivity index (χ2n) is 5.88. The summed E-state index contributed by atoms with van der Waals surface area (Å²) >= 11 is 0. The molecule has 1 aliphatic rings. The van der Waals surface area contributed by atoms with E-state index in [4.69, 9.17) is 0 Å². The van der Waals surface area contributed by atoms with Crippen LogP contribution in [0.25, 0.3) is 0 Å². The summed E-state index contributed by atoms with van der Waals surface area (Å²) in [4.78, 5) is 25.0. The number of hydrogen-bond acceptors (Lipinski definition) is 2. The summed E-state index contributed by atoms with van der Waals surface area (Å²) < 4.78 is 0. The van der Waals surface area contributed by atoms with E-state index in [1.54, 1.807) is 11.8 Å². The number of amides is 2. The first-order chi connectivity index (χ1) is 8.89. The van der Waals surface area contributed by atoms with Gasteiger partial charge in [-0.2, -0.15) is 0 Å². The van der Waals surface area contributed by atoms with E-state index in [1.807, 2.05) is 6.92 Å². The number of carboxylic acids is 1. The predicted molar refractivity (Wildman–Crippen MR) is 74.1 cm³/mol. The van der Waals surface area contributed by atoms with Crippen LogP contribution in [-0.4, -0.2) is 41.1 Å². The fourth-order valence-electron chi connectivity index (χ4n) is 2.47. The molecule has 2 unspecified atom stereocenters. The lowest BCUT2D eigenvalue weighted by molar-refractivity contribution is -0.150. The van der Waals surface area contributed by atoms with Crippen LogP contribution in [0.4, 0.5) is 4.79 Å². The number of rotatable bonds is 5. The largest absolute Gasteiger partial charge is 0.481 e. The van der Waals surface area contributed by atoms with Crippen molar-refractivity contribution in [2.45, 2.75) is 58.9 Å². The molecule has 1 fully saturated rings. The molecule has 2 atom stereocenters. The van der Waals surface area contributed by atoms with Crippen molar-refractivity contribution in [3.8, 4) is 0 Å². The maximum Gasteiger partial charge on any atom is 0.317 e. The highest BCUT2D eigenvalue weighted by atomic mass is 16.4. The van der Waals surface area contributed by atoms with E-state index in [9.17, 15) is 14.7 Å². The van der Waals surface area contributed by atoms with Gasteiger partial charge in [0.05, 0.1) is 5.41 Å². The summed E-state index contributed by atoms with van der Waals surface area (Å²) in [5.41, 5.74) is -0.803. The Morgan fingerprint density at radius 3 is 2.74 bits per heavy atom. The highest BCUT2D eigenvalue weighted by molar-refractivity contribution is 5.78. The first kappa shape index (κ1) is 15.8. The van der Waals surface area contributed by atoms with Crippen LogP contribution in [0.2, 0.25) is 0 Å². The molecule has 19 heavy (non-hydrogen) atoms. The molecule has 110 valence electrons. The van der Waals surface area contributed by atoms with E-state index in [1.165, 1.54) is 0 Å². The number of hydrogen-bond donors (Lipinski definition) is 2. The molecule has 0 aromatic rings. The van der Waals surface area contributed by atoms with Crippen molar-refractivity contribution in [3.63, 3.8) is 0 Å². The fourth-order valence-corrected chi connectivity index (χ4v) is 2.47. The number of unbranched alkanes of at least 4 members (excludes halogenated alkanes) is 1. The lowest BCUT2D eigenvalue weighted by Crippen LogP contribution is -2.52. The first-order valence-corrected chi connectivity index (χ1v) is 7.18. The molecule has 1 saturated heterocycles. The Labute approximate surface area is 115 Å². The van der Waals surface area contributed by atoms with Gasteiger partial charge in [0.1, 0.15) is 0 Å². The molecule has 0 aliphatic carbocycles. The van der Waals surface area contributed by atoms with Gasteiger partial charge in [-0.05, 0) is 33.1 Å². The predicted octanol–water partition coefficient (Wildman–Crippen LogP) is 2.46. The summed E-state index contributed by atoms with van der Waals surface area (Å²) in [6.07, 6.45) is 4.55. The monoisotopic (exact) mass is 270 g/mol. The Morgan fingerprint density at radius 1 is 1.47 bits per heavy atom. The van der Waals surface area contributed by atoms with Crippen LogP contribution in [0.15, 0.2) is 0 Å². The van der Waals surface area contributed by atoms with Crippen molar-refractivity contribution in [2.24, 2.45) is 5.41 Å². The normalized spacial score (nSPS) is 24.9. The summed E-state index contributed by atoms with van der Waals surface area (Å²) in [6, 6.07) is 0.0150. The highest BCUT2D eigenvalue weighted by Crippen LogP contribution is 2.29. The van der Waals surface area contributed by atoms with Crippen LogP contribution in [0.3, 0.4) is 0 Å². The van der Waals surface area contributed by atoms with Crippen LogP contribution in [0.5, 0.6) is 0 Å². The van der Waals surface area contributed by atoms with Gasteiger partial charge in [0, 0.05) is 19.1 Å². The van der Waals surface area contributed by atoms with Gasteiger partial charge in [-0.3, -0.25) is 4.79 Å². The zero-order valence-corrected chi connectivity index (χ0v) is 12.2. The number of nitrogens with zero attached hydrogens (tertiary/aromatic N) is 1. The van der Waals surface area contributed by atoms with Gasteiger partial charge in [-0.1, -0.05) is 19.8 Å². The van der Waals surface area contributed by atoms with Crippen LogP contribution in [0, 0.1) is 5.41 Å². The first-order valence-electron chi connectivity index (χ1n) is 7.18. The van der Waals surface area contributed by atoms with Crippen molar-refractivity contribution in [1.82, 2.24) is 10.2 Å².